The maximum Gasteiger partial charge on any atom is 0.223 e. The summed E-state index contributed by atoms with van der Waals surface area (Å²) in [6.07, 6.45) is 7.39. The number of primary sulfonamides is 1. The van der Waals surface area contributed by atoms with Crippen LogP contribution in [0.2, 0.25) is 0 Å². The first kappa shape index (κ1) is 14.3. The smallest absolute Gasteiger partial charge is 0.223 e. The van der Waals surface area contributed by atoms with Crippen molar-refractivity contribution >= 4 is 15.9 Å². The van der Waals surface area contributed by atoms with Gasteiger partial charge in [-0.05, 0) is 49.9 Å². The second-order valence-corrected chi connectivity index (χ2v) is 8.51. The van der Waals surface area contributed by atoms with Crippen LogP contribution in [0.1, 0.15) is 44.9 Å². The van der Waals surface area contributed by atoms with Crippen LogP contribution in [0.25, 0.3) is 0 Å². The largest absolute Gasteiger partial charge is 0.339 e. The molecule has 0 aromatic rings. The summed E-state index contributed by atoms with van der Waals surface area (Å²) >= 11 is 0. The summed E-state index contributed by atoms with van der Waals surface area (Å²) in [5.74, 6) is 2.18. The number of sulfonamides is 1. The number of nitrogens with two attached hydrogens (primary N) is 1. The van der Waals surface area contributed by atoms with E-state index in [1.807, 2.05) is 0 Å². The molecule has 4 atom stereocenters. The minimum Gasteiger partial charge on any atom is -0.339 e. The number of carbonyl (C=O) groups is 1. The van der Waals surface area contributed by atoms with Gasteiger partial charge in [0, 0.05) is 19.0 Å². The molecule has 0 spiro atoms. The summed E-state index contributed by atoms with van der Waals surface area (Å²) in [6.45, 7) is 0.694. The lowest BCUT2D eigenvalue weighted by atomic mass is 9.86. The third kappa shape index (κ3) is 3.01. The first-order valence-corrected chi connectivity index (χ1v) is 9.44. The Labute approximate surface area is 120 Å². The average molecular weight is 300 g/mol. The van der Waals surface area contributed by atoms with E-state index >= 15 is 0 Å². The Morgan fingerprint density at radius 3 is 2.60 bits per heavy atom. The molecule has 2 bridgehead atoms. The van der Waals surface area contributed by atoms with Gasteiger partial charge in [0.15, 0.2) is 0 Å². The Kier molecular flexibility index (Phi) is 3.79. The van der Waals surface area contributed by atoms with Crippen molar-refractivity contribution in [1.82, 2.24) is 4.90 Å². The number of carbonyl (C=O) groups excluding carboxylic acids is 1. The molecule has 0 aromatic heterocycles. The predicted octanol–water partition coefficient (Wildman–Crippen LogP) is 1.09. The Balaban J connectivity index is 1.59. The maximum absolute atomic E-state index is 12.5. The number of rotatable bonds is 4. The van der Waals surface area contributed by atoms with E-state index < -0.39 is 10.0 Å². The van der Waals surface area contributed by atoms with Crippen LogP contribution in [0, 0.1) is 17.8 Å². The van der Waals surface area contributed by atoms with Crippen molar-refractivity contribution in [3.63, 3.8) is 0 Å². The zero-order chi connectivity index (χ0) is 14.3. The van der Waals surface area contributed by atoms with E-state index in [2.05, 4.69) is 0 Å². The molecule has 0 radical (unpaired) electrons. The number of hydrogen-bond donors (Lipinski definition) is 1. The molecule has 114 valence electrons. The lowest BCUT2D eigenvalue weighted by molar-refractivity contribution is -0.133. The van der Waals surface area contributed by atoms with E-state index in [0.29, 0.717) is 18.9 Å². The summed E-state index contributed by atoms with van der Waals surface area (Å²) in [6, 6.07) is -0.198. The number of fused-ring (bicyclic) bond motifs is 2. The molecule has 1 heterocycles. The van der Waals surface area contributed by atoms with Gasteiger partial charge in [-0.15, -0.1) is 0 Å². The Bertz CT molecular complexity index is 491. The molecule has 2 saturated carbocycles. The van der Waals surface area contributed by atoms with Crippen molar-refractivity contribution in [2.75, 3.05) is 12.3 Å². The van der Waals surface area contributed by atoms with Crippen molar-refractivity contribution in [2.24, 2.45) is 22.9 Å². The SMILES string of the molecule is NS(=O)(=O)CC1CCCN1C(=O)CC1CC2CCC1C2. The van der Waals surface area contributed by atoms with E-state index in [0.717, 1.165) is 24.7 Å². The molecule has 2 N–H and O–H groups in total. The average Bonchev–Trinajstić information content (AvgIpc) is 3.01. The number of hydrogen-bond acceptors (Lipinski definition) is 3. The molecule has 5 nitrogen and oxygen atoms in total. The highest BCUT2D eigenvalue weighted by Gasteiger charge is 2.41. The minimum absolute atomic E-state index is 0.0878. The summed E-state index contributed by atoms with van der Waals surface area (Å²) in [4.78, 5) is 14.2. The van der Waals surface area contributed by atoms with Crippen molar-refractivity contribution in [2.45, 2.75) is 51.0 Å². The Morgan fingerprint density at radius 2 is 2.00 bits per heavy atom. The highest BCUT2D eigenvalue weighted by atomic mass is 32.2. The van der Waals surface area contributed by atoms with E-state index in [-0.39, 0.29) is 17.7 Å². The molecule has 3 aliphatic rings. The van der Waals surface area contributed by atoms with Gasteiger partial charge >= 0.3 is 0 Å². The van der Waals surface area contributed by atoms with E-state index in [1.165, 1.54) is 25.7 Å². The van der Waals surface area contributed by atoms with Crippen molar-refractivity contribution in [3.8, 4) is 0 Å². The molecule has 6 heteroatoms. The van der Waals surface area contributed by atoms with Crippen LogP contribution in [-0.4, -0.2) is 37.6 Å². The lowest BCUT2D eigenvalue weighted by Gasteiger charge is -2.28. The molecule has 1 amide bonds. The van der Waals surface area contributed by atoms with Crippen molar-refractivity contribution < 1.29 is 13.2 Å². The van der Waals surface area contributed by atoms with Crippen LogP contribution < -0.4 is 5.14 Å². The van der Waals surface area contributed by atoms with Gasteiger partial charge in [0.1, 0.15) is 0 Å². The zero-order valence-corrected chi connectivity index (χ0v) is 12.6. The fourth-order valence-electron chi connectivity index (χ4n) is 4.57. The van der Waals surface area contributed by atoms with Crippen LogP contribution >= 0.6 is 0 Å². The summed E-state index contributed by atoms with van der Waals surface area (Å²) < 4.78 is 22.5. The molecule has 1 aliphatic heterocycles. The molecular formula is C14H24N2O3S. The second-order valence-electron chi connectivity index (χ2n) is 6.85. The monoisotopic (exact) mass is 300 g/mol. The quantitative estimate of drug-likeness (QED) is 0.844. The molecule has 3 fully saturated rings. The third-order valence-corrected chi connectivity index (χ3v) is 6.29. The van der Waals surface area contributed by atoms with E-state index in [1.54, 1.807) is 4.90 Å². The Hall–Kier alpha value is -0.620. The van der Waals surface area contributed by atoms with Crippen LogP contribution in [0.4, 0.5) is 0 Å². The Morgan fingerprint density at radius 1 is 1.20 bits per heavy atom. The fourth-order valence-corrected chi connectivity index (χ4v) is 5.46. The second kappa shape index (κ2) is 5.30. The highest BCUT2D eigenvalue weighted by Crippen LogP contribution is 2.49. The van der Waals surface area contributed by atoms with E-state index in [9.17, 15) is 13.2 Å². The maximum atomic E-state index is 12.5. The molecule has 2 aliphatic carbocycles. The summed E-state index contributed by atoms with van der Waals surface area (Å²) in [7, 11) is -3.50. The molecule has 20 heavy (non-hydrogen) atoms. The van der Waals surface area contributed by atoms with Crippen LogP contribution in [0.5, 0.6) is 0 Å². The molecular weight excluding hydrogens is 276 g/mol. The van der Waals surface area contributed by atoms with Gasteiger partial charge in [0.2, 0.25) is 15.9 Å². The van der Waals surface area contributed by atoms with Gasteiger partial charge in [0.25, 0.3) is 0 Å². The minimum atomic E-state index is -3.50. The molecule has 1 saturated heterocycles. The van der Waals surface area contributed by atoms with Gasteiger partial charge in [0.05, 0.1) is 5.75 Å². The standard InChI is InChI=1S/C14H24N2O3S/c15-20(18,19)9-13-2-1-5-16(13)14(17)8-12-7-10-3-4-11(12)6-10/h10-13H,1-9H2,(H2,15,18,19). The van der Waals surface area contributed by atoms with Crippen molar-refractivity contribution in [1.29, 1.82) is 0 Å². The molecule has 0 aromatic carbocycles. The summed E-state index contributed by atoms with van der Waals surface area (Å²) in [5.41, 5.74) is 0. The topological polar surface area (TPSA) is 80.5 Å². The molecule has 4 unspecified atom stereocenters. The van der Waals surface area contributed by atoms with Gasteiger partial charge in [-0.1, -0.05) is 6.42 Å². The number of amides is 1. The van der Waals surface area contributed by atoms with Crippen LogP contribution in [-0.2, 0) is 14.8 Å². The fraction of sp³-hybridized carbons (Fsp3) is 0.929. The van der Waals surface area contributed by atoms with E-state index in [4.69, 9.17) is 5.14 Å². The lowest BCUT2D eigenvalue weighted by Crippen LogP contribution is -2.42. The first-order chi connectivity index (χ1) is 9.42. The summed E-state index contributed by atoms with van der Waals surface area (Å²) in [5, 5.41) is 5.12. The third-order valence-electron chi connectivity index (χ3n) is 5.44. The number of nitrogens with zero attached hydrogens (tertiary/aromatic N) is 1. The van der Waals surface area contributed by atoms with Crippen LogP contribution in [0.15, 0.2) is 0 Å². The molecule has 3 rings (SSSR count). The zero-order valence-electron chi connectivity index (χ0n) is 11.8. The first-order valence-electron chi connectivity index (χ1n) is 7.72. The van der Waals surface area contributed by atoms with Crippen molar-refractivity contribution in [3.05, 3.63) is 0 Å². The number of likely N-dealkylation sites (tertiary alicyclic amines) is 1. The van der Waals surface area contributed by atoms with Gasteiger partial charge in [-0.25, -0.2) is 13.6 Å². The normalized spacial score (nSPS) is 36.8. The van der Waals surface area contributed by atoms with Crippen LogP contribution in [0.3, 0.4) is 0 Å². The highest BCUT2D eigenvalue weighted by molar-refractivity contribution is 7.89. The van der Waals surface area contributed by atoms with Gasteiger partial charge in [-0.3, -0.25) is 4.79 Å². The van der Waals surface area contributed by atoms with Gasteiger partial charge in [-0.2, -0.15) is 0 Å². The predicted molar refractivity (Wildman–Crippen MR) is 76.3 cm³/mol. The van der Waals surface area contributed by atoms with Gasteiger partial charge < -0.3 is 4.90 Å².